The fourth-order valence-electron chi connectivity index (χ4n) is 2.82. The first-order chi connectivity index (χ1) is 9.11. The Hall–Kier alpha value is -1.42. The first kappa shape index (κ1) is 14.0. The highest BCUT2D eigenvalue weighted by Gasteiger charge is 2.29. The van der Waals surface area contributed by atoms with E-state index >= 15 is 0 Å². The highest BCUT2D eigenvalue weighted by Crippen LogP contribution is 2.28. The predicted octanol–water partition coefficient (Wildman–Crippen LogP) is 2.64. The smallest absolute Gasteiger partial charge is 0.307 e. The quantitative estimate of drug-likeness (QED) is 0.906. The second-order valence-corrected chi connectivity index (χ2v) is 5.36. The van der Waals surface area contributed by atoms with Gasteiger partial charge < -0.3 is 5.11 Å². The number of pyridine rings is 1. The summed E-state index contributed by atoms with van der Waals surface area (Å²) in [6, 6.07) is 4.38. The molecule has 0 aromatic carbocycles. The van der Waals surface area contributed by atoms with E-state index in [2.05, 4.69) is 28.9 Å². The second kappa shape index (κ2) is 6.15. The van der Waals surface area contributed by atoms with E-state index in [-0.39, 0.29) is 12.0 Å². The fraction of sp³-hybridized carbons (Fsp3) is 0.600. The molecule has 1 aromatic heterocycles. The molecule has 4 heteroatoms. The van der Waals surface area contributed by atoms with Gasteiger partial charge in [-0.2, -0.15) is 0 Å². The van der Waals surface area contributed by atoms with Crippen LogP contribution in [0.2, 0.25) is 0 Å². The van der Waals surface area contributed by atoms with Crippen molar-refractivity contribution in [1.29, 1.82) is 0 Å². The molecule has 19 heavy (non-hydrogen) atoms. The number of hydrogen-bond donors (Lipinski definition) is 1. The summed E-state index contributed by atoms with van der Waals surface area (Å²) in [6.07, 6.45) is 4.60. The van der Waals surface area contributed by atoms with E-state index in [1.807, 2.05) is 13.1 Å². The second-order valence-electron chi connectivity index (χ2n) is 5.36. The number of carboxylic acid groups (broad SMARTS) is 1. The summed E-state index contributed by atoms with van der Waals surface area (Å²) in [5, 5.41) is 9.18. The summed E-state index contributed by atoms with van der Waals surface area (Å²) < 4.78 is 0. The lowest BCUT2D eigenvalue weighted by molar-refractivity contribution is -0.144. The molecule has 0 amide bonds. The van der Waals surface area contributed by atoms with Crippen LogP contribution in [0, 0.1) is 12.8 Å². The Morgan fingerprint density at radius 1 is 1.58 bits per heavy atom. The molecule has 2 rings (SSSR count). The first-order valence-electron chi connectivity index (χ1n) is 7.01. The maximum Gasteiger partial charge on any atom is 0.307 e. The van der Waals surface area contributed by atoms with E-state index in [1.54, 1.807) is 0 Å². The lowest BCUT2D eigenvalue weighted by atomic mass is 9.95. The van der Waals surface area contributed by atoms with Gasteiger partial charge in [0.05, 0.1) is 17.7 Å². The summed E-state index contributed by atoms with van der Waals surface area (Å²) in [6.45, 7) is 5.77. The molecule has 0 aliphatic carbocycles. The van der Waals surface area contributed by atoms with Crippen LogP contribution in [0.3, 0.4) is 0 Å². The average molecular weight is 262 g/mol. The SMILES string of the molecule is CCC(c1ccc(C)cn1)N1CCCC(C(=O)O)C1. The van der Waals surface area contributed by atoms with Crippen LogP contribution in [-0.2, 0) is 4.79 Å². The van der Waals surface area contributed by atoms with Crippen molar-refractivity contribution in [2.24, 2.45) is 5.92 Å². The maximum atomic E-state index is 11.1. The summed E-state index contributed by atoms with van der Waals surface area (Å²) in [5.74, 6) is -0.898. The number of rotatable bonds is 4. The number of aliphatic carboxylic acids is 1. The summed E-state index contributed by atoms with van der Waals surface area (Å²) in [5.41, 5.74) is 2.21. The van der Waals surface area contributed by atoms with Crippen molar-refractivity contribution in [3.05, 3.63) is 29.6 Å². The molecule has 4 nitrogen and oxygen atoms in total. The normalized spacial score (nSPS) is 22.1. The van der Waals surface area contributed by atoms with Gasteiger partial charge in [0.25, 0.3) is 0 Å². The third-order valence-electron chi connectivity index (χ3n) is 3.91. The highest BCUT2D eigenvalue weighted by molar-refractivity contribution is 5.70. The van der Waals surface area contributed by atoms with Gasteiger partial charge in [0, 0.05) is 12.7 Å². The van der Waals surface area contributed by atoms with Crippen LogP contribution < -0.4 is 0 Å². The van der Waals surface area contributed by atoms with Crippen LogP contribution in [0.5, 0.6) is 0 Å². The van der Waals surface area contributed by atoms with Crippen LogP contribution in [0.1, 0.15) is 43.5 Å². The van der Waals surface area contributed by atoms with Gasteiger partial charge in [0.15, 0.2) is 0 Å². The zero-order valence-corrected chi connectivity index (χ0v) is 11.7. The number of carbonyl (C=O) groups is 1. The molecule has 0 radical (unpaired) electrons. The fourth-order valence-corrected chi connectivity index (χ4v) is 2.82. The molecule has 1 aromatic rings. The van der Waals surface area contributed by atoms with E-state index in [1.165, 1.54) is 0 Å². The van der Waals surface area contributed by atoms with Crippen LogP contribution in [0.4, 0.5) is 0 Å². The topological polar surface area (TPSA) is 53.4 Å². The Morgan fingerprint density at radius 3 is 2.95 bits per heavy atom. The molecular formula is C15H22N2O2. The summed E-state index contributed by atoms with van der Waals surface area (Å²) in [4.78, 5) is 17.9. The highest BCUT2D eigenvalue weighted by atomic mass is 16.4. The van der Waals surface area contributed by atoms with Crippen LogP contribution >= 0.6 is 0 Å². The number of likely N-dealkylation sites (tertiary alicyclic amines) is 1. The van der Waals surface area contributed by atoms with Crippen molar-refractivity contribution in [2.75, 3.05) is 13.1 Å². The van der Waals surface area contributed by atoms with Crippen molar-refractivity contribution >= 4 is 5.97 Å². The maximum absolute atomic E-state index is 11.1. The Labute approximate surface area is 114 Å². The largest absolute Gasteiger partial charge is 0.481 e. The van der Waals surface area contributed by atoms with Gasteiger partial charge in [0.2, 0.25) is 0 Å². The summed E-state index contributed by atoms with van der Waals surface area (Å²) in [7, 11) is 0. The van der Waals surface area contributed by atoms with Gasteiger partial charge in [-0.05, 0) is 44.4 Å². The molecule has 0 saturated carbocycles. The molecule has 2 heterocycles. The van der Waals surface area contributed by atoms with E-state index < -0.39 is 5.97 Å². The standard InChI is InChI=1S/C15H22N2O2/c1-3-14(13-7-6-11(2)9-16-13)17-8-4-5-12(10-17)15(18)19/h6-7,9,12,14H,3-5,8,10H2,1-2H3,(H,18,19). The molecule has 1 aliphatic rings. The molecule has 2 atom stereocenters. The molecule has 0 bridgehead atoms. The number of nitrogens with zero attached hydrogens (tertiary/aromatic N) is 2. The van der Waals surface area contributed by atoms with Gasteiger partial charge >= 0.3 is 5.97 Å². The molecule has 1 aliphatic heterocycles. The number of aromatic nitrogens is 1. The van der Waals surface area contributed by atoms with Gasteiger partial charge in [-0.1, -0.05) is 13.0 Å². The minimum atomic E-state index is -0.670. The van der Waals surface area contributed by atoms with Gasteiger partial charge in [-0.3, -0.25) is 14.7 Å². The minimum absolute atomic E-state index is 0.228. The Bertz CT molecular complexity index is 430. The van der Waals surface area contributed by atoms with Crippen LogP contribution in [0.15, 0.2) is 18.3 Å². The van der Waals surface area contributed by atoms with Crippen LogP contribution in [0.25, 0.3) is 0 Å². The zero-order valence-electron chi connectivity index (χ0n) is 11.7. The van der Waals surface area contributed by atoms with Gasteiger partial charge in [0.1, 0.15) is 0 Å². The number of hydrogen-bond acceptors (Lipinski definition) is 3. The molecule has 104 valence electrons. The van der Waals surface area contributed by atoms with Crippen molar-refractivity contribution in [1.82, 2.24) is 9.88 Å². The monoisotopic (exact) mass is 262 g/mol. The van der Waals surface area contributed by atoms with Gasteiger partial charge in [-0.15, -0.1) is 0 Å². The Morgan fingerprint density at radius 2 is 2.37 bits per heavy atom. The number of piperidine rings is 1. The zero-order chi connectivity index (χ0) is 13.8. The molecule has 2 unspecified atom stereocenters. The van der Waals surface area contributed by atoms with Crippen molar-refractivity contribution < 1.29 is 9.90 Å². The van der Waals surface area contributed by atoms with E-state index in [0.717, 1.165) is 37.1 Å². The predicted molar refractivity (Wildman–Crippen MR) is 73.9 cm³/mol. The lowest BCUT2D eigenvalue weighted by Crippen LogP contribution is -2.41. The third-order valence-corrected chi connectivity index (χ3v) is 3.91. The van der Waals surface area contributed by atoms with Crippen molar-refractivity contribution in [3.63, 3.8) is 0 Å². The average Bonchev–Trinajstić information content (AvgIpc) is 2.42. The Balaban J connectivity index is 2.12. The van der Waals surface area contributed by atoms with E-state index in [4.69, 9.17) is 0 Å². The van der Waals surface area contributed by atoms with Crippen molar-refractivity contribution in [3.8, 4) is 0 Å². The number of aryl methyl sites for hydroxylation is 1. The van der Waals surface area contributed by atoms with Gasteiger partial charge in [-0.25, -0.2) is 0 Å². The first-order valence-corrected chi connectivity index (χ1v) is 7.01. The summed E-state index contributed by atoms with van der Waals surface area (Å²) >= 11 is 0. The minimum Gasteiger partial charge on any atom is -0.481 e. The van der Waals surface area contributed by atoms with Crippen LogP contribution in [-0.4, -0.2) is 34.0 Å². The number of carboxylic acids is 1. The molecule has 0 spiro atoms. The third kappa shape index (κ3) is 3.32. The van der Waals surface area contributed by atoms with Crippen molar-refractivity contribution in [2.45, 2.75) is 39.2 Å². The Kier molecular flexibility index (Phi) is 4.53. The van der Waals surface area contributed by atoms with E-state index in [9.17, 15) is 9.90 Å². The van der Waals surface area contributed by atoms with E-state index in [0.29, 0.717) is 6.54 Å². The molecular weight excluding hydrogens is 240 g/mol. The lowest BCUT2D eigenvalue weighted by Gasteiger charge is -2.36. The molecule has 1 fully saturated rings. The molecule has 1 N–H and O–H groups in total. The molecule has 1 saturated heterocycles.